The van der Waals surface area contributed by atoms with Gasteiger partial charge in [-0.05, 0) is 118 Å². The zero-order valence-electron chi connectivity index (χ0n) is 32.8. The lowest BCUT2D eigenvalue weighted by atomic mass is 9.96. The molecule has 0 saturated carbocycles. The van der Waals surface area contributed by atoms with E-state index in [0.29, 0.717) is 0 Å². The molecular weight excluding hydrogens is 745 g/mol. The molecule has 5 aromatic heterocycles. The van der Waals surface area contributed by atoms with E-state index in [1.807, 2.05) is 12.3 Å². The fourth-order valence-electron chi connectivity index (χ4n) is 9.66. The standard InChI is InChI=1S/C56H34N4O/c1-3-13-35(14-4-1)44-34-54(58-56-43(44)20-12-30-57-56)60-49-22-10-8-18-42(49)45-31-36(24-27-51(45)60)37-26-29-52-47(32-37)55-40(19-11-23-53(55)61-52)38-25-28-50-46(33-38)41-17-7-9-21-48(41)59(50)39-15-5-2-6-16-39/h1-34H. The Morgan fingerprint density at radius 2 is 0.967 bits per heavy atom. The van der Waals surface area contributed by atoms with E-state index in [0.717, 1.165) is 94.3 Å². The van der Waals surface area contributed by atoms with Gasteiger partial charge in [-0.2, -0.15) is 0 Å². The third kappa shape index (κ3) is 5.14. The molecule has 13 aromatic rings. The molecule has 5 heteroatoms. The molecular formula is C56H34N4O. The van der Waals surface area contributed by atoms with Crippen molar-refractivity contribution in [3.63, 3.8) is 0 Å². The van der Waals surface area contributed by atoms with E-state index in [1.54, 1.807) is 0 Å². The second kappa shape index (κ2) is 13.1. The number of pyridine rings is 2. The molecule has 0 radical (unpaired) electrons. The Hall–Kier alpha value is -8.28. The molecule has 0 aliphatic heterocycles. The van der Waals surface area contributed by atoms with Crippen LogP contribution in [0.2, 0.25) is 0 Å². The van der Waals surface area contributed by atoms with E-state index < -0.39 is 0 Å². The first kappa shape index (κ1) is 33.7. The van der Waals surface area contributed by atoms with Crippen molar-refractivity contribution < 1.29 is 4.42 Å². The van der Waals surface area contributed by atoms with Crippen LogP contribution in [0.5, 0.6) is 0 Å². The van der Waals surface area contributed by atoms with Crippen LogP contribution in [-0.4, -0.2) is 19.1 Å². The lowest BCUT2D eigenvalue weighted by Crippen LogP contribution is -2.00. The molecule has 0 aliphatic carbocycles. The number of hydrogen-bond donors (Lipinski definition) is 0. The molecule has 61 heavy (non-hydrogen) atoms. The molecule has 0 unspecified atom stereocenters. The van der Waals surface area contributed by atoms with Crippen LogP contribution in [0.1, 0.15) is 0 Å². The van der Waals surface area contributed by atoms with Crippen LogP contribution in [0.25, 0.3) is 121 Å². The number of hydrogen-bond acceptors (Lipinski definition) is 3. The zero-order valence-corrected chi connectivity index (χ0v) is 32.8. The van der Waals surface area contributed by atoms with Crippen molar-refractivity contribution in [2.45, 2.75) is 0 Å². The highest BCUT2D eigenvalue weighted by atomic mass is 16.3. The largest absolute Gasteiger partial charge is 0.456 e. The second-order valence-corrected chi connectivity index (χ2v) is 15.8. The molecule has 0 bridgehead atoms. The van der Waals surface area contributed by atoms with Crippen LogP contribution in [0, 0.1) is 0 Å². The molecule has 0 saturated heterocycles. The maximum Gasteiger partial charge on any atom is 0.162 e. The van der Waals surface area contributed by atoms with Crippen LogP contribution in [-0.2, 0) is 0 Å². The van der Waals surface area contributed by atoms with Gasteiger partial charge in [0.25, 0.3) is 0 Å². The highest BCUT2D eigenvalue weighted by Gasteiger charge is 2.20. The fourth-order valence-corrected chi connectivity index (χ4v) is 9.66. The average molecular weight is 779 g/mol. The van der Waals surface area contributed by atoms with Gasteiger partial charge in [0.05, 0.1) is 22.1 Å². The number of furan rings is 1. The smallest absolute Gasteiger partial charge is 0.162 e. The van der Waals surface area contributed by atoms with Gasteiger partial charge in [0.15, 0.2) is 5.65 Å². The van der Waals surface area contributed by atoms with Crippen molar-refractivity contribution >= 4 is 76.6 Å². The van der Waals surface area contributed by atoms with Gasteiger partial charge in [0.1, 0.15) is 17.0 Å². The molecule has 0 spiro atoms. The monoisotopic (exact) mass is 778 g/mol. The first-order chi connectivity index (χ1) is 30.2. The number of nitrogens with zero attached hydrogens (tertiary/aromatic N) is 4. The zero-order chi connectivity index (χ0) is 40.0. The molecule has 0 N–H and O–H groups in total. The van der Waals surface area contributed by atoms with E-state index in [9.17, 15) is 0 Å². The lowest BCUT2D eigenvalue weighted by molar-refractivity contribution is 0.669. The van der Waals surface area contributed by atoms with Crippen molar-refractivity contribution in [1.82, 2.24) is 19.1 Å². The summed E-state index contributed by atoms with van der Waals surface area (Å²) in [5.41, 5.74) is 15.0. The van der Waals surface area contributed by atoms with Crippen LogP contribution < -0.4 is 0 Å². The van der Waals surface area contributed by atoms with Gasteiger partial charge in [-0.1, -0.05) is 115 Å². The van der Waals surface area contributed by atoms with Gasteiger partial charge in [-0.25, -0.2) is 9.97 Å². The minimum Gasteiger partial charge on any atom is -0.456 e. The summed E-state index contributed by atoms with van der Waals surface area (Å²) in [7, 11) is 0. The van der Waals surface area contributed by atoms with Crippen molar-refractivity contribution in [1.29, 1.82) is 0 Å². The number of para-hydroxylation sites is 3. The van der Waals surface area contributed by atoms with Gasteiger partial charge in [-0.15, -0.1) is 0 Å². The van der Waals surface area contributed by atoms with Crippen molar-refractivity contribution in [3.05, 3.63) is 206 Å². The first-order valence-electron chi connectivity index (χ1n) is 20.6. The normalized spacial score (nSPS) is 11.9. The van der Waals surface area contributed by atoms with Crippen molar-refractivity contribution in [3.8, 4) is 44.9 Å². The molecule has 0 fully saturated rings. The first-order valence-corrected chi connectivity index (χ1v) is 20.6. The van der Waals surface area contributed by atoms with E-state index in [4.69, 9.17) is 14.4 Å². The Balaban J connectivity index is 0.969. The van der Waals surface area contributed by atoms with E-state index in [-0.39, 0.29) is 0 Å². The predicted molar refractivity (Wildman–Crippen MR) is 252 cm³/mol. The molecule has 284 valence electrons. The van der Waals surface area contributed by atoms with Gasteiger partial charge < -0.3 is 8.98 Å². The summed E-state index contributed by atoms with van der Waals surface area (Å²) in [6.45, 7) is 0. The predicted octanol–water partition coefficient (Wildman–Crippen LogP) is 14.7. The Bertz CT molecular complexity index is 3880. The van der Waals surface area contributed by atoms with Gasteiger partial charge in [-0.3, -0.25) is 4.57 Å². The quantitative estimate of drug-likeness (QED) is 0.175. The Kier molecular flexibility index (Phi) is 7.24. The summed E-state index contributed by atoms with van der Waals surface area (Å²) >= 11 is 0. The van der Waals surface area contributed by atoms with Crippen LogP contribution in [0.15, 0.2) is 211 Å². The SMILES string of the molecule is c1ccc(-c2cc(-n3c4ccccc4c4cc(-c5ccc6oc7cccc(-c8ccc9c(c8)c8ccccc8n9-c8ccccc8)c7c6c5)ccc43)nc3ncccc23)cc1. The molecule has 0 amide bonds. The van der Waals surface area contributed by atoms with Gasteiger partial charge in [0, 0.05) is 49.6 Å². The molecule has 5 nitrogen and oxygen atoms in total. The van der Waals surface area contributed by atoms with Gasteiger partial charge >= 0.3 is 0 Å². The fraction of sp³-hybridized carbons (Fsp3) is 0. The molecule has 8 aromatic carbocycles. The van der Waals surface area contributed by atoms with Crippen LogP contribution in [0.3, 0.4) is 0 Å². The third-order valence-corrected chi connectivity index (χ3v) is 12.4. The minimum atomic E-state index is 0.722. The average Bonchev–Trinajstić information content (AvgIpc) is 3.99. The number of fused-ring (bicyclic) bond motifs is 10. The van der Waals surface area contributed by atoms with E-state index in [2.05, 4.69) is 203 Å². The number of rotatable bonds is 5. The highest BCUT2D eigenvalue weighted by Crippen LogP contribution is 2.42. The number of aromatic nitrogens is 4. The molecule has 13 rings (SSSR count). The molecule has 0 atom stereocenters. The summed E-state index contributed by atoms with van der Waals surface area (Å²) in [6.07, 6.45) is 1.82. The summed E-state index contributed by atoms with van der Waals surface area (Å²) < 4.78 is 11.2. The number of benzene rings is 8. The topological polar surface area (TPSA) is 48.8 Å². The maximum atomic E-state index is 6.56. The molecule has 0 aliphatic rings. The van der Waals surface area contributed by atoms with E-state index in [1.165, 1.54) is 27.2 Å². The van der Waals surface area contributed by atoms with Gasteiger partial charge in [0.2, 0.25) is 0 Å². The van der Waals surface area contributed by atoms with Crippen molar-refractivity contribution in [2.75, 3.05) is 0 Å². The Labute approximate surface area is 350 Å². The minimum absolute atomic E-state index is 0.722. The Morgan fingerprint density at radius 3 is 1.75 bits per heavy atom. The highest BCUT2D eigenvalue weighted by molar-refractivity contribution is 6.16. The van der Waals surface area contributed by atoms with Crippen LogP contribution in [0.4, 0.5) is 0 Å². The van der Waals surface area contributed by atoms with Crippen LogP contribution >= 0.6 is 0 Å². The maximum absolute atomic E-state index is 6.56. The second-order valence-electron chi connectivity index (χ2n) is 15.8. The summed E-state index contributed by atoms with van der Waals surface area (Å²) in [4.78, 5) is 9.89. The third-order valence-electron chi connectivity index (χ3n) is 12.4. The summed E-state index contributed by atoms with van der Waals surface area (Å²) in [6, 6.07) is 71.4. The van der Waals surface area contributed by atoms with E-state index >= 15 is 0 Å². The molecule has 5 heterocycles. The summed E-state index contributed by atoms with van der Waals surface area (Å²) in [5.74, 6) is 0.839. The lowest BCUT2D eigenvalue weighted by Gasteiger charge is -2.12. The Morgan fingerprint density at radius 1 is 0.361 bits per heavy atom. The summed E-state index contributed by atoms with van der Waals surface area (Å²) in [5, 5.41) is 8.04. The van der Waals surface area contributed by atoms with Crippen molar-refractivity contribution in [2.24, 2.45) is 0 Å².